The zero-order valence-electron chi connectivity index (χ0n) is 13.2. The van der Waals surface area contributed by atoms with Crippen molar-refractivity contribution in [2.45, 2.75) is 13.8 Å². The van der Waals surface area contributed by atoms with E-state index >= 15 is 0 Å². The molecule has 0 saturated carbocycles. The van der Waals surface area contributed by atoms with Crippen molar-refractivity contribution in [3.8, 4) is 5.75 Å². The van der Waals surface area contributed by atoms with E-state index in [-0.39, 0.29) is 5.91 Å². The summed E-state index contributed by atoms with van der Waals surface area (Å²) in [5.74, 6) is 0.640. The lowest BCUT2D eigenvalue weighted by Gasteiger charge is -2.11. The van der Waals surface area contributed by atoms with Crippen molar-refractivity contribution < 1.29 is 9.53 Å². The number of anilines is 1. The molecule has 116 valence electrons. The maximum absolute atomic E-state index is 12.7. The zero-order valence-corrected chi connectivity index (χ0v) is 13.2. The molecule has 0 fully saturated rings. The molecule has 1 amide bonds. The molecule has 2 aromatic rings. The van der Waals surface area contributed by atoms with Crippen LogP contribution in [0.15, 0.2) is 65.3 Å². The second-order valence-electron chi connectivity index (χ2n) is 5.17. The van der Waals surface area contributed by atoms with Crippen LogP contribution >= 0.6 is 0 Å². The molecule has 0 radical (unpaired) electrons. The SMILES string of the molecule is CCOc1ccccc1/C=C1\C(=O)N(c2ccccc2)N=C1C. The summed E-state index contributed by atoms with van der Waals surface area (Å²) in [4.78, 5) is 12.7. The first-order valence-corrected chi connectivity index (χ1v) is 7.59. The van der Waals surface area contributed by atoms with Crippen LogP contribution < -0.4 is 9.75 Å². The van der Waals surface area contributed by atoms with Crippen LogP contribution in [0.3, 0.4) is 0 Å². The average Bonchev–Trinajstić information content (AvgIpc) is 2.86. The number of benzene rings is 2. The Balaban J connectivity index is 1.96. The Morgan fingerprint density at radius 3 is 2.52 bits per heavy atom. The van der Waals surface area contributed by atoms with Gasteiger partial charge in [-0.05, 0) is 38.1 Å². The minimum Gasteiger partial charge on any atom is -0.493 e. The normalized spacial score (nSPS) is 15.9. The summed E-state index contributed by atoms with van der Waals surface area (Å²) < 4.78 is 5.62. The maximum atomic E-state index is 12.7. The number of para-hydroxylation sites is 2. The van der Waals surface area contributed by atoms with E-state index in [4.69, 9.17) is 4.74 Å². The molecule has 0 bridgehead atoms. The fraction of sp³-hybridized carbons (Fsp3) is 0.158. The maximum Gasteiger partial charge on any atom is 0.280 e. The fourth-order valence-corrected chi connectivity index (χ4v) is 2.47. The van der Waals surface area contributed by atoms with E-state index in [1.807, 2.05) is 74.5 Å². The highest BCUT2D eigenvalue weighted by Gasteiger charge is 2.28. The van der Waals surface area contributed by atoms with Crippen LogP contribution in [0.2, 0.25) is 0 Å². The molecule has 0 unspecified atom stereocenters. The summed E-state index contributed by atoms with van der Waals surface area (Å²) in [5.41, 5.74) is 2.92. The van der Waals surface area contributed by atoms with Gasteiger partial charge in [-0.15, -0.1) is 0 Å². The van der Waals surface area contributed by atoms with Crippen molar-refractivity contribution in [3.05, 3.63) is 65.7 Å². The monoisotopic (exact) mass is 306 g/mol. The number of ether oxygens (including phenoxy) is 1. The molecule has 1 aliphatic rings. The topological polar surface area (TPSA) is 41.9 Å². The summed E-state index contributed by atoms with van der Waals surface area (Å²) >= 11 is 0. The van der Waals surface area contributed by atoms with Gasteiger partial charge in [-0.3, -0.25) is 4.79 Å². The highest BCUT2D eigenvalue weighted by molar-refractivity contribution is 6.32. The van der Waals surface area contributed by atoms with Gasteiger partial charge in [-0.25, -0.2) is 0 Å². The van der Waals surface area contributed by atoms with Crippen LogP contribution in [-0.2, 0) is 4.79 Å². The molecule has 0 N–H and O–H groups in total. The molecule has 4 nitrogen and oxygen atoms in total. The van der Waals surface area contributed by atoms with Crippen LogP contribution in [0.1, 0.15) is 19.4 Å². The summed E-state index contributed by atoms with van der Waals surface area (Å²) in [6.45, 7) is 4.36. The summed E-state index contributed by atoms with van der Waals surface area (Å²) in [5, 5.41) is 5.82. The lowest BCUT2D eigenvalue weighted by atomic mass is 10.1. The van der Waals surface area contributed by atoms with Crippen molar-refractivity contribution in [2.24, 2.45) is 5.10 Å². The standard InChI is InChI=1S/C19H18N2O2/c1-3-23-18-12-8-7-9-15(18)13-17-14(2)20-21(19(17)22)16-10-5-4-6-11-16/h4-13H,3H2,1-2H3/b17-13-. The minimum absolute atomic E-state index is 0.125. The zero-order chi connectivity index (χ0) is 16.2. The Morgan fingerprint density at radius 2 is 1.78 bits per heavy atom. The van der Waals surface area contributed by atoms with Crippen LogP contribution in [0.4, 0.5) is 5.69 Å². The third kappa shape index (κ3) is 3.01. The smallest absolute Gasteiger partial charge is 0.280 e. The van der Waals surface area contributed by atoms with Gasteiger partial charge in [0.25, 0.3) is 5.91 Å². The largest absolute Gasteiger partial charge is 0.493 e. The van der Waals surface area contributed by atoms with E-state index in [9.17, 15) is 4.79 Å². The van der Waals surface area contributed by atoms with Gasteiger partial charge < -0.3 is 4.74 Å². The Bertz CT molecular complexity index is 779. The lowest BCUT2D eigenvalue weighted by molar-refractivity contribution is -0.114. The van der Waals surface area contributed by atoms with Gasteiger partial charge >= 0.3 is 0 Å². The predicted octanol–water partition coefficient (Wildman–Crippen LogP) is 3.89. The molecule has 1 heterocycles. The van der Waals surface area contributed by atoms with Crippen molar-refractivity contribution >= 4 is 23.4 Å². The van der Waals surface area contributed by atoms with E-state index in [1.54, 1.807) is 0 Å². The Morgan fingerprint density at radius 1 is 1.09 bits per heavy atom. The second-order valence-corrected chi connectivity index (χ2v) is 5.17. The van der Waals surface area contributed by atoms with Crippen LogP contribution in [0.5, 0.6) is 5.75 Å². The molecule has 0 aliphatic carbocycles. The highest BCUT2D eigenvalue weighted by Crippen LogP contribution is 2.27. The number of carbonyl (C=O) groups excluding carboxylic acids is 1. The Labute approximate surface area is 135 Å². The predicted molar refractivity (Wildman–Crippen MR) is 92.6 cm³/mol. The van der Waals surface area contributed by atoms with Gasteiger partial charge in [-0.1, -0.05) is 36.4 Å². The Kier molecular flexibility index (Phi) is 4.24. The van der Waals surface area contributed by atoms with Crippen molar-refractivity contribution in [2.75, 3.05) is 11.6 Å². The van der Waals surface area contributed by atoms with E-state index in [0.29, 0.717) is 17.9 Å². The molecule has 23 heavy (non-hydrogen) atoms. The third-order valence-electron chi connectivity index (χ3n) is 3.58. The molecule has 0 saturated heterocycles. The number of hydrogen-bond acceptors (Lipinski definition) is 3. The van der Waals surface area contributed by atoms with Crippen molar-refractivity contribution in [1.29, 1.82) is 0 Å². The molecule has 0 aromatic heterocycles. The van der Waals surface area contributed by atoms with Crippen LogP contribution in [0, 0.1) is 0 Å². The van der Waals surface area contributed by atoms with Crippen LogP contribution in [0.25, 0.3) is 6.08 Å². The average molecular weight is 306 g/mol. The van der Waals surface area contributed by atoms with Gasteiger partial charge in [0.05, 0.1) is 23.6 Å². The molecule has 4 heteroatoms. The summed E-state index contributed by atoms with van der Waals surface area (Å²) in [6, 6.07) is 17.1. The molecule has 0 atom stereocenters. The second kappa shape index (κ2) is 6.48. The molecule has 0 spiro atoms. The lowest BCUT2D eigenvalue weighted by Crippen LogP contribution is -2.21. The van der Waals surface area contributed by atoms with Gasteiger partial charge in [0.15, 0.2) is 0 Å². The Hall–Kier alpha value is -2.88. The number of amides is 1. The van der Waals surface area contributed by atoms with Gasteiger partial charge in [0, 0.05) is 5.56 Å². The first kappa shape index (κ1) is 15.0. The number of hydrogen-bond donors (Lipinski definition) is 0. The highest BCUT2D eigenvalue weighted by atomic mass is 16.5. The third-order valence-corrected chi connectivity index (χ3v) is 3.58. The first-order valence-electron chi connectivity index (χ1n) is 7.59. The molecular weight excluding hydrogens is 288 g/mol. The number of rotatable bonds is 4. The quantitative estimate of drug-likeness (QED) is 0.804. The van der Waals surface area contributed by atoms with Crippen molar-refractivity contribution in [1.82, 2.24) is 0 Å². The van der Waals surface area contributed by atoms with Gasteiger partial charge in [0.1, 0.15) is 5.75 Å². The number of carbonyl (C=O) groups is 1. The van der Waals surface area contributed by atoms with Gasteiger partial charge in [0.2, 0.25) is 0 Å². The molecule has 2 aromatic carbocycles. The van der Waals surface area contributed by atoms with E-state index in [0.717, 1.165) is 17.0 Å². The number of hydrazone groups is 1. The van der Waals surface area contributed by atoms with E-state index in [2.05, 4.69) is 5.10 Å². The summed E-state index contributed by atoms with van der Waals surface area (Å²) in [6.07, 6.45) is 1.84. The van der Waals surface area contributed by atoms with E-state index in [1.165, 1.54) is 5.01 Å². The van der Waals surface area contributed by atoms with E-state index < -0.39 is 0 Å². The molecule has 3 rings (SSSR count). The molecular formula is C19H18N2O2. The van der Waals surface area contributed by atoms with Crippen LogP contribution in [-0.4, -0.2) is 18.2 Å². The van der Waals surface area contributed by atoms with Crippen molar-refractivity contribution in [3.63, 3.8) is 0 Å². The first-order chi connectivity index (χ1) is 11.2. The minimum atomic E-state index is -0.125. The summed E-state index contributed by atoms with van der Waals surface area (Å²) in [7, 11) is 0. The molecule has 1 aliphatic heterocycles. The van der Waals surface area contributed by atoms with Gasteiger partial charge in [-0.2, -0.15) is 10.1 Å². The fourth-order valence-electron chi connectivity index (χ4n) is 2.47. The number of nitrogens with zero attached hydrogens (tertiary/aromatic N) is 2.